The number of nitrogens with zero attached hydrogens (tertiary/aromatic N) is 3. The number of nitrogens with one attached hydrogen (secondary N) is 1. The molecule has 0 bridgehead atoms. The first-order chi connectivity index (χ1) is 13.1. The monoisotopic (exact) mass is 370 g/mol. The standard InChI is InChI=1S/C20H26N4O3/c1-14-5-2-3-6-16(14)19-22-17(27-23-19)7-4-8-18(26)24-10-15-9-21-11-20(15,12-24)13-25/h2-3,5-6,15,21,25H,4,7-13H2,1H3. The van der Waals surface area contributed by atoms with E-state index in [2.05, 4.69) is 15.5 Å². The van der Waals surface area contributed by atoms with Crippen molar-refractivity contribution in [3.63, 3.8) is 0 Å². The average Bonchev–Trinajstić information content (AvgIpc) is 3.36. The Morgan fingerprint density at radius 2 is 2.30 bits per heavy atom. The number of fused-ring (bicyclic) bond motifs is 1. The lowest BCUT2D eigenvalue weighted by atomic mass is 9.82. The van der Waals surface area contributed by atoms with Gasteiger partial charge < -0.3 is 19.8 Å². The molecule has 2 fully saturated rings. The predicted molar refractivity (Wildman–Crippen MR) is 99.9 cm³/mol. The lowest BCUT2D eigenvalue weighted by Gasteiger charge is -2.25. The normalized spacial score (nSPS) is 24.4. The zero-order chi connectivity index (χ0) is 18.9. The second-order valence-corrected chi connectivity index (χ2v) is 7.80. The molecular formula is C20H26N4O3. The summed E-state index contributed by atoms with van der Waals surface area (Å²) in [7, 11) is 0. The Balaban J connectivity index is 1.29. The fourth-order valence-electron chi connectivity index (χ4n) is 4.27. The van der Waals surface area contributed by atoms with Crippen LogP contribution in [0.3, 0.4) is 0 Å². The number of hydrogen-bond acceptors (Lipinski definition) is 6. The Hall–Kier alpha value is -2.25. The van der Waals surface area contributed by atoms with Crippen molar-refractivity contribution in [2.24, 2.45) is 11.3 Å². The highest BCUT2D eigenvalue weighted by Gasteiger charge is 2.50. The fourth-order valence-corrected chi connectivity index (χ4v) is 4.27. The van der Waals surface area contributed by atoms with E-state index in [0.717, 1.165) is 30.8 Å². The average molecular weight is 370 g/mol. The van der Waals surface area contributed by atoms with Gasteiger partial charge >= 0.3 is 0 Å². The molecule has 0 spiro atoms. The molecule has 0 saturated carbocycles. The molecule has 2 aromatic rings. The highest BCUT2D eigenvalue weighted by molar-refractivity contribution is 5.76. The number of benzene rings is 1. The largest absolute Gasteiger partial charge is 0.396 e. The number of aryl methyl sites for hydroxylation is 2. The fraction of sp³-hybridized carbons (Fsp3) is 0.550. The molecule has 2 unspecified atom stereocenters. The summed E-state index contributed by atoms with van der Waals surface area (Å²) < 4.78 is 5.35. The molecule has 0 aliphatic carbocycles. The third-order valence-electron chi connectivity index (χ3n) is 5.98. The van der Waals surface area contributed by atoms with Crippen molar-refractivity contribution in [1.82, 2.24) is 20.4 Å². The second-order valence-electron chi connectivity index (χ2n) is 7.80. The van der Waals surface area contributed by atoms with Crippen LogP contribution in [-0.2, 0) is 11.2 Å². The Labute approximate surface area is 158 Å². The molecule has 4 rings (SSSR count). The molecule has 1 amide bonds. The number of carbonyl (C=O) groups is 1. The van der Waals surface area contributed by atoms with Crippen LogP contribution in [-0.4, -0.2) is 58.8 Å². The van der Waals surface area contributed by atoms with Crippen LogP contribution in [0.5, 0.6) is 0 Å². The Bertz CT molecular complexity index is 821. The highest BCUT2D eigenvalue weighted by Crippen LogP contribution is 2.38. The minimum atomic E-state index is -0.148. The van der Waals surface area contributed by atoms with E-state index in [4.69, 9.17) is 4.52 Å². The molecule has 2 aliphatic heterocycles. The van der Waals surface area contributed by atoms with Crippen LogP contribution in [0.1, 0.15) is 24.3 Å². The van der Waals surface area contributed by atoms with E-state index in [9.17, 15) is 9.90 Å². The van der Waals surface area contributed by atoms with Crippen molar-refractivity contribution in [3.05, 3.63) is 35.7 Å². The molecule has 2 atom stereocenters. The first kappa shape index (κ1) is 18.1. The molecular weight excluding hydrogens is 344 g/mol. The quantitative estimate of drug-likeness (QED) is 0.799. The van der Waals surface area contributed by atoms with Crippen molar-refractivity contribution in [2.45, 2.75) is 26.2 Å². The molecule has 2 saturated heterocycles. The van der Waals surface area contributed by atoms with E-state index in [0.29, 0.717) is 43.4 Å². The topological polar surface area (TPSA) is 91.5 Å². The number of aliphatic hydroxyl groups is 1. The van der Waals surface area contributed by atoms with Crippen LogP contribution in [0.15, 0.2) is 28.8 Å². The van der Waals surface area contributed by atoms with Gasteiger partial charge in [-0.15, -0.1) is 0 Å². The van der Waals surface area contributed by atoms with E-state index in [1.54, 1.807) is 0 Å². The Kier molecular flexibility index (Phi) is 4.97. The van der Waals surface area contributed by atoms with Crippen molar-refractivity contribution < 1.29 is 14.4 Å². The van der Waals surface area contributed by atoms with Crippen molar-refractivity contribution >= 4 is 5.91 Å². The zero-order valence-electron chi connectivity index (χ0n) is 15.6. The molecule has 7 nitrogen and oxygen atoms in total. The maximum Gasteiger partial charge on any atom is 0.226 e. The molecule has 0 radical (unpaired) electrons. The molecule has 2 N–H and O–H groups in total. The van der Waals surface area contributed by atoms with Gasteiger partial charge in [0.05, 0.1) is 6.61 Å². The van der Waals surface area contributed by atoms with E-state index < -0.39 is 0 Å². The Morgan fingerprint density at radius 3 is 3.07 bits per heavy atom. The number of rotatable bonds is 6. The zero-order valence-corrected chi connectivity index (χ0v) is 15.6. The third kappa shape index (κ3) is 3.49. The first-order valence-electron chi connectivity index (χ1n) is 9.59. The first-order valence-corrected chi connectivity index (χ1v) is 9.59. The van der Waals surface area contributed by atoms with Crippen molar-refractivity contribution in [2.75, 3.05) is 32.8 Å². The van der Waals surface area contributed by atoms with Gasteiger partial charge in [-0.3, -0.25) is 4.79 Å². The van der Waals surface area contributed by atoms with Crippen LogP contribution in [0.2, 0.25) is 0 Å². The summed E-state index contributed by atoms with van der Waals surface area (Å²) in [6.07, 6.45) is 1.73. The van der Waals surface area contributed by atoms with Crippen molar-refractivity contribution in [3.8, 4) is 11.4 Å². The van der Waals surface area contributed by atoms with Crippen LogP contribution in [0, 0.1) is 18.3 Å². The molecule has 1 aromatic heterocycles. The molecule has 144 valence electrons. The summed E-state index contributed by atoms with van der Waals surface area (Å²) in [6, 6.07) is 7.93. The minimum absolute atomic E-state index is 0.137. The molecule has 27 heavy (non-hydrogen) atoms. The predicted octanol–water partition coefficient (Wildman–Crippen LogP) is 1.41. The summed E-state index contributed by atoms with van der Waals surface area (Å²) in [5.41, 5.74) is 1.92. The summed E-state index contributed by atoms with van der Waals surface area (Å²) >= 11 is 0. The van der Waals surface area contributed by atoms with Crippen LogP contribution >= 0.6 is 0 Å². The van der Waals surface area contributed by atoms with Gasteiger partial charge in [0.1, 0.15) is 0 Å². The molecule has 7 heteroatoms. The summed E-state index contributed by atoms with van der Waals surface area (Å²) in [5, 5.41) is 17.2. The lowest BCUT2D eigenvalue weighted by Crippen LogP contribution is -2.37. The number of likely N-dealkylation sites (tertiary alicyclic amines) is 1. The number of aromatic nitrogens is 2. The highest BCUT2D eigenvalue weighted by atomic mass is 16.5. The number of amides is 1. The lowest BCUT2D eigenvalue weighted by molar-refractivity contribution is -0.130. The maximum absolute atomic E-state index is 12.6. The van der Waals surface area contributed by atoms with Gasteiger partial charge in [-0.25, -0.2) is 0 Å². The summed E-state index contributed by atoms with van der Waals surface area (Å²) in [5.74, 6) is 1.67. The summed E-state index contributed by atoms with van der Waals surface area (Å²) in [6.45, 7) is 5.22. The molecule has 3 heterocycles. The summed E-state index contributed by atoms with van der Waals surface area (Å²) in [4.78, 5) is 18.9. The number of hydrogen-bond donors (Lipinski definition) is 2. The number of aliphatic hydroxyl groups excluding tert-OH is 1. The van der Waals surface area contributed by atoms with Gasteiger partial charge in [0.25, 0.3) is 0 Å². The van der Waals surface area contributed by atoms with Crippen LogP contribution < -0.4 is 5.32 Å². The Morgan fingerprint density at radius 1 is 1.44 bits per heavy atom. The van der Waals surface area contributed by atoms with Crippen LogP contribution in [0.25, 0.3) is 11.4 Å². The number of carbonyl (C=O) groups excluding carboxylic acids is 1. The van der Waals surface area contributed by atoms with Gasteiger partial charge in [-0.1, -0.05) is 29.4 Å². The van der Waals surface area contributed by atoms with E-state index in [-0.39, 0.29) is 17.9 Å². The van der Waals surface area contributed by atoms with Gasteiger partial charge in [-0.05, 0) is 24.8 Å². The van der Waals surface area contributed by atoms with E-state index in [1.165, 1.54) is 0 Å². The van der Waals surface area contributed by atoms with Crippen molar-refractivity contribution in [1.29, 1.82) is 0 Å². The molecule has 2 aliphatic rings. The van der Waals surface area contributed by atoms with Gasteiger partial charge in [0, 0.05) is 50.0 Å². The van der Waals surface area contributed by atoms with E-state index in [1.807, 2.05) is 36.1 Å². The van der Waals surface area contributed by atoms with Gasteiger partial charge in [0.15, 0.2) is 0 Å². The second kappa shape index (κ2) is 7.40. The molecule has 1 aromatic carbocycles. The third-order valence-corrected chi connectivity index (χ3v) is 5.98. The van der Waals surface area contributed by atoms with E-state index >= 15 is 0 Å². The van der Waals surface area contributed by atoms with Crippen LogP contribution in [0.4, 0.5) is 0 Å². The SMILES string of the molecule is Cc1ccccc1-c1noc(CCCC(=O)N2CC3CNCC3(CO)C2)n1. The van der Waals surface area contributed by atoms with Gasteiger partial charge in [0.2, 0.25) is 17.6 Å². The van der Waals surface area contributed by atoms with Gasteiger partial charge in [-0.2, -0.15) is 4.98 Å². The maximum atomic E-state index is 12.6. The minimum Gasteiger partial charge on any atom is -0.396 e. The smallest absolute Gasteiger partial charge is 0.226 e.